The first-order valence-corrected chi connectivity index (χ1v) is 13.0. The number of hydrogen-bond donors (Lipinski definition) is 3. The van der Waals surface area contributed by atoms with Gasteiger partial charge in [-0.1, -0.05) is 31.4 Å². The van der Waals surface area contributed by atoms with E-state index in [1.807, 2.05) is 30.5 Å². The molecule has 37 heavy (non-hydrogen) atoms. The molecule has 198 valence electrons. The maximum atomic E-state index is 13.2. The first-order chi connectivity index (χ1) is 17.7. The summed E-state index contributed by atoms with van der Waals surface area (Å²) in [5, 5.41) is 19.5. The zero-order valence-electron chi connectivity index (χ0n) is 21.1. The lowest BCUT2D eigenvalue weighted by atomic mass is 9.94. The fourth-order valence-corrected chi connectivity index (χ4v) is 6.06. The van der Waals surface area contributed by atoms with Crippen LogP contribution >= 0.6 is 0 Å². The number of amides is 1. The minimum atomic E-state index is -1.26. The Hall–Kier alpha value is -3.46. The van der Waals surface area contributed by atoms with Crippen LogP contribution in [0.15, 0.2) is 47.4 Å². The Bertz CT molecular complexity index is 1220. The Morgan fingerprint density at radius 3 is 2.08 bits per heavy atom. The molecular formula is C28H35N3O6. The van der Waals surface area contributed by atoms with Crippen molar-refractivity contribution in [3.05, 3.63) is 58.4 Å². The van der Waals surface area contributed by atoms with Gasteiger partial charge in [0, 0.05) is 47.9 Å². The molecule has 3 heterocycles. The van der Waals surface area contributed by atoms with Crippen LogP contribution in [0.1, 0.15) is 74.2 Å². The second-order valence-electron chi connectivity index (χ2n) is 10.3. The van der Waals surface area contributed by atoms with Gasteiger partial charge in [-0.25, -0.2) is 9.59 Å². The van der Waals surface area contributed by atoms with Crippen molar-refractivity contribution >= 4 is 28.7 Å². The quantitative estimate of drug-likeness (QED) is 0.526. The Kier molecular flexibility index (Phi) is 8.43. The molecule has 2 atom stereocenters. The zero-order chi connectivity index (χ0) is 26.5. The van der Waals surface area contributed by atoms with Crippen LogP contribution in [0.4, 0.5) is 0 Å². The van der Waals surface area contributed by atoms with Crippen LogP contribution in [0.3, 0.4) is 0 Å². The lowest BCUT2D eigenvalue weighted by Gasteiger charge is -2.36. The molecule has 3 N–H and O–H groups in total. The van der Waals surface area contributed by atoms with Gasteiger partial charge in [-0.3, -0.25) is 9.59 Å². The molecule has 2 aliphatic heterocycles. The van der Waals surface area contributed by atoms with E-state index in [2.05, 4.69) is 21.8 Å². The summed E-state index contributed by atoms with van der Waals surface area (Å²) in [6, 6.07) is 9.43. The minimum absolute atomic E-state index is 0.138. The van der Waals surface area contributed by atoms with E-state index in [4.69, 9.17) is 10.2 Å². The van der Waals surface area contributed by atoms with E-state index in [1.165, 1.54) is 32.1 Å². The fourth-order valence-electron chi connectivity index (χ4n) is 6.06. The van der Waals surface area contributed by atoms with Gasteiger partial charge in [0.15, 0.2) is 0 Å². The molecule has 1 aliphatic carbocycles. The number of carbonyl (C=O) groups is 3. The maximum Gasteiger partial charge on any atom is 0.328 e. The van der Waals surface area contributed by atoms with Crippen molar-refractivity contribution in [2.24, 2.45) is 0 Å². The van der Waals surface area contributed by atoms with Gasteiger partial charge in [-0.2, -0.15) is 0 Å². The average Bonchev–Trinajstić information content (AvgIpc) is 3.09. The van der Waals surface area contributed by atoms with Crippen molar-refractivity contribution in [3.8, 4) is 0 Å². The van der Waals surface area contributed by atoms with Crippen molar-refractivity contribution in [1.29, 1.82) is 0 Å². The van der Waals surface area contributed by atoms with Gasteiger partial charge >= 0.3 is 11.9 Å². The molecule has 1 amide bonds. The number of piperidine rings is 1. The zero-order valence-corrected chi connectivity index (χ0v) is 21.1. The summed E-state index contributed by atoms with van der Waals surface area (Å²) in [6.07, 6.45) is 13.3. The molecule has 2 aromatic rings. The SMILES string of the molecule is CN1C2CCC1CC(NC(=O)c1cn(C3CCCCC3)c3ccccc3c1=O)C2.O=C(O)/C=C\C(=O)O. The number of rotatable bonds is 5. The van der Waals surface area contributed by atoms with Crippen LogP contribution in [0.5, 0.6) is 0 Å². The number of para-hydroxylation sites is 1. The van der Waals surface area contributed by atoms with Gasteiger partial charge in [0.05, 0.1) is 5.52 Å². The van der Waals surface area contributed by atoms with Crippen LogP contribution in [-0.4, -0.2) is 62.7 Å². The molecule has 1 aromatic heterocycles. The van der Waals surface area contributed by atoms with Crippen LogP contribution in [0.2, 0.25) is 0 Å². The Morgan fingerprint density at radius 1 is 0.892 bits per heavy atom. The highest BCUT2D eigenvalue weighted by Crippen LogP contribution is 2.34. The first-order valence-electron chi connectivity index (χ1n) is 13.0. The minimum Gasteiger partial charge on any atom is -0.478 e. The van der Waals surface area contributed by atoms with Crippen molar-refractivity contribution in [3.63, 3.8) is 0 Å². The van der Waals surface area contributed by atoms with Crippen molar-refractivity contribution < 1.29 is 24.6 Å². The second kappa shape index (κ2) is 11.7. The number of nitrogens with zero attached hydrogens (tertiary/aromatic N) is 2. The monoisotopic (exact) mass is 509 g/mol. The molecule has 9 heteroatoms. The molecule has 3 fully saturated rings. The number of benzene rings is 1. The lowest BCUT2D eigenvalue weighted by Crippen LogP contribution is -2.49. The Labute approximate surface area is 215 Å². The number of carboxylic acids is 2. The van der Waals surface area contributed by atoms with Gasteiger partial charge in [-0.15, -0.1) is 0 Å². The highest BCUT2D eigenvalue weighted by Gasteiger charge is 2.39. The molecule has 1 aromatic carbocycles. The second-order valence-corrected chi connectivity index (χ2v) is 10.3. The molecule has 2 bridgehead atoms. The molecule has 2 unspecified atom stereocenters. The molecule has 0 radical (unpaired) electrons. The summed E-state index contributed by atoms with van der Waals surface area (Å²) in [5.41, 5.74) is 1.12. The predicted octanol–water partition coefficient (Wildman–Crippen LogP) is 3.57. The summed E-state index contributed by atoms with van der Waals surface area (Å²) in [4.78, 5) is 47.9. The highest BCUT2D eigenvalue weighted by molar-refractivity contribution is 5.97. The topological polar surface area (TPSA) is 129 Å². The number of pyridine rings is 1. The van der Waals surface area contributed by atoms with Crippen LogP contribution in [0.25, 0.3) is 10.9 Å². The van der Waals surface area contributed by atoms with E-state index >= 15 is 0 Å². The van der Waals surface area contributed by atoms with E-state index in [1.54, 1.807) is 0 Å². The van der Waals surface area contributed by atoms with Crippen LogP contribution < -0.4 is 10.7 Å². The lowest BCUT2D eigenvalue weighted by molar-refractivity contribution is -0.134. The molecule has 2 saturated heterocycles. The van der Waals surface area contributed by atoms with Crippen molar-refractivity contribution in [1.82, 2.24) is 14.8 Å². The molecule has 1 saturated carbocycles. The van der Waals surface area contributed by atoms with Gasteiger partial charge in [0.1, 0.15) is 5.56 Å². The summed E-state index contributed by atoms with van der Waals surface area (Å²) >= 11 is 0. The first kappa shape index (κ1) is 26.6. The molecule has 5 rings (SSSR count). The number of carbonyl (C=O) groups excluding carboxylic acids is 1. The van der Waals surface area contributed by atoms with Crippen LogP contribution in [0, 0.1) is 0 Å². The standard InChI is InChI=1S/C24H31N3O2.C4H4O4/c1-26-18-11-12-19(26)14-16(13-18)25-24(29)21-15-27(17-7-3-2-4-8-17)22-10-6-5-9-20(22)23(21)28;5-3(6)1-2-4(7)8/h5-6,9-10,15-19H,2-4,7-8,11-14H2,1H3,(H,25,29);1-2H,(H,5,6)(H,7,8)/b;2-1-. The Balaban J connectivity index is 0.000000349. The smallest absolute Gasteiger partial charge is 0.328 e. The van der Waals surface area contributed by atoms with E-state index in [0.717, 1.165) is 31.2 Å². The third-order valence-corrected chi connectivity index (χ3v) is 7.95. The Morgan fingerprint density at radius 2 is 1.49 bits per heavy atom. The van der Waals surface area contributed by atoms with E-state index in [-0.39, 0.29) is 17.4 Å². The maximum absolute atomic E-state index is 13.2. The number of aliphatic carboxylic acids is 2. The number of fused-ring (bicyclic) bond motifs is 3. The van der Waals surface area contributed by atoms with Crippen molar-refractivity contribution in [2.75, 3.05) is 7.05 Å². The largest absolute Gasteiger partial charge is 0.478 e. The van der Waals surface area contributed by atoms with Gasteiger partial charge in [-0.05, 0) is 57.7 Å². The molecule has 3 aliphatic rings. The number of carboxylic acid groups (broad SMARTS) is 2. The van der Waals surface area contributed by atoms with E-state index in [9.17, 15) is 19.2 Å². The molecular weight excluding hydrogens is 474 g/mol. The summed E-state index contributed by atoms with van der Waals surface area (Å²) in [5.74, 6) is -2.71. The van der Waals surface area contributed by atoms with Crippen molar-refractivity contribution in [2.45, 2.75) is 82.0 Å². The summed E-state index contributed by atoms with van der Waals surface area (Å²) in [7, 11) is 2.20. The average molecular weight is 510 g/mol. The number of nitrogens with one attached hydrogen (secondary N) is 1. The number of hydrogen-bond acceptors (Lipinski definition) is 5. The predicted molar refractivity (Wildman–Crippen MR) is 140 cm³/mol. The summed E-state index contributed by atoms with van der Waals surface area (Å²) in [6.45, 7) is 0. The van der Waals surface area contributed by atoms with E-state index < -0.39 is 11.9 Å². The summed E-state index contributed by atoms with van der Waals surface area (Å²) < 4.78 is 2.21. The highest BCUT2D eigenvalue weighted by atomic mass is 16.4. The van der Waals surface area contributed by atoms with E-state index in [0.29, 0.717) is 41.2 Å². The van der Waals surface area contributed by atoms with Gasteiger partial charge in [0.25, 0.3) is 5.91 Å². The van der Waals surface area contributed by atoms with Crippen LogP contribution in [-0.2, 0) is 9.59 Å². The third kappa shape index (κ3) is 6.28. The fraction of sp³-hybridized carbons (Fsp3) is 0.500. The molecule has 0 spiro atoms. The molecule has 9 nitrogen and oxygen atoms in total. The van der Waals surface area contributed by atoms with Gasteiger partial charge < -0.3 is 25.0 Å². The normalized spacial score (nSPS) is 24.0. The number of aromatic nitrogens is 1. The van der Waals surface area contributed by atoms with Gasteiger partial charge in [0.2, 0.25) is 5.43 Å². The third-order valence-electron chi connectivity index (χ3n) is 7.95.